The highest BCUT2D eigenvalue weighted by molar-refractivity contribution is 6.32. The van der Waals surface area contributed by atoms with E-state index < -0.39 is 11.3 Å². The predicted molar refractivity (Wildman–Crippen MR) is 58.1 cm³/mol. The number of carbonyl (C=O) groups is 1. The Morgan fingerprint density at radius 1 is 1.43 bits per heavy atom. The molecule has 1 aromatic rings. The van der Waals surface area contributed by atoms with Crippen LogP contribution in [0.1, 0.15) is 19.4 Å². The third-order valence-corrected chi connectivity index (χ3v) is 2.60. The molecule has 14 heavy (non-hydrogen) atoms. The van der Waals surface area contributed by atoms with Gasteiger partial charge in [-0.2, -0.15) is 0 Å². The van der Waals surface area contributed by atoms with Gasteiger partial charge in [-0.15, -0.1) is 0 Å². The molecule has 0 fully saturated rings. The van der Waals surface area contributed by atoms with Crippen LogP contribution in [0.4, 0.5) is 5.69 Å². The molecule has 0 bridgehead atoms. The quantitative estimate of drug-likeness (QED) is 0.733. The van der Waals surface area contributed by atoms with Crippen molar-refractivity contribution in [2.75, 3.05) is 5.73 Å². The number of rotatable bonds is 2. The number of hydrogen-bond donors (Lipinski definition) is 2. The Morgan fingerprint density at radius 3 is 2.43 bits per heavy atom. The molecule has 0 atom stereocenters. The zero-order valence-corrected chi connectivity index (χ0v) is 8.93. The molecule has 0 radical (unpaired) electrons. The molecule has 0 spiro atoms. The highest BCUT2D eigenvalue weighted by Crippen LogP contribution is 2.30. The van der Waals surface area contributed by atoms with Crippen molar-refractivity contribution in [1.82, 2.24) is 0 Å². The minimum atomic E-state index is -0.773. The van der Waals surface area contributed by atoms with Crippen LogP contribution >= 0.6 is 11.6 Å². The highest BCUT2D eigenvalue weighted by Gasteiger charge is 2.29. The molecular weight excluding hydrogens is 200 g/mol. The van der Waals surface area contributed by atoms with E-state index in [4.69, 9.17) is 23.1 Å². The van der Waals surface area contributed by atoms with Crippen LogP contribution < -0.4 is 11.5 Å². The van der Waals surface area contributed by atoms with Gasteiger partial charge in [-0.1, -0.05) is 17.7 Å². The third-order valence-electron chi connectivity index (χ3n) is 2.28. The molecule has 0 aromatic heterocycles. The molecule has 4 heteroatoms. The molecule has 4 N–H and O–H groups in total. The lowest BCUT2D eigenvalue weighted by molar-refractivity contribution is -0.122. The Labute approximate surface area is 88.0 Å². The molecule has 0 unspecified atom stereocenters. The lowest BCUT2D eigenvalue weighted by Crippen LogP contribution is -2.35. The normalized spacial score (nSPS) is 11.4. The number of benzene rings is 1. The van der Waals surface area contributed by atoms with Gasteiger partial charge in [0, 0.05) is 10.7 Å². The molecule has 1 rings (SSSR count). The first-order valence-electron chi connectivity index (χ1n) is 4.21. The van der Waals surface area contributed by atoms with Gasteiger partial charge in [-0.3, -0.25) is 4.79 Å². The molecule has 0 aliphatic carbocycles. The smallest absolute Gasteiger partial charge is 0.227 e. The monoisotopic (exact) mass is 212 g/mol. The maximum atomic E-state index is 11.2. The van der Waals surface area contributed by atoms with Gasteiger partial charge in [0.1, 0.15) is 0 Å². The van der Waals surface area contributed by atoms with Crippen molar-refractivity contribution in [3.63, 3.8) is 0 Å². The second-order valence-electron chi connectivity index (χ2n) is 3.73. The average molecular weight is 213 g/mol. The largest absolute Gasteiger partial charge is 0.399 e. The fraction of sp³-hybridized carbons (Fsp3) is 0.300. The first-order valence-corrected chi connectivity index (χ1v) is 4.59. The van der Waals surface area contributed by atoms with Crippen LogP contribution in [0.5, 0.6) is 0 Å². The fourth-order valence-corrected chi connectivity index (χ4v) is 1.60. The van der Waals surface area contributed by atoms with Crippen molar-refractivity contribution in [2.24, 2.45) is 5.73 Å². The Hall–Kier alpha value is -1.22. The molecule has 76 valence electrons. The number of nitrogen functional groups attached to an aromatic ring is 1. The Bertz CT molecular complexity index is 374. The summed E-state index contributed by atoms with van der Waals surface area (Å²) in [6.45, 7) is 3.46. The summed E-state index contributed by atoms with van der Waals surface area (Å²) in [6.07, 6.45) is 0. The van der Waals surface area contributed by atoms with Crippen LogP contribution in [0.15, 0.2) is 18.2 Å². The summed E-state index contributed by atoms with van der Waals surface area (Å²) in [5.41, 5.74) is 11.3. The number of primary amides is 1. The summed E-state index contributed by atoms with van der Waals surface area (Å²) in [5, 5.41) is 0.466. The maximum Gasteiger partial charge on any atom is 0.227 e. The van der Waals surface area contributed by atoms with E-state index in [1.165, 1.54) is 0 Å². The van der Waals surface area contributed by atoms with Gasteiger partial charge in [0.2, 0.25) is 5.91 Å². The van der Waals surface area contributed by atoms with E-state index in [2.05, 4.69) is 0 Å². The summed E-state index contributed by atoms with van der Waals surface area (Å²) in [7, 11) is 0. The van der Waals surface area contributed by atoms with E-state index in [1.807, 2.05) is 0 Å². The number of hydrogen-bond acceptors (Lipinski definition) is 2. The second-order valence-corrected chi connectivity index (χ2v) is 4.14. The average Bonchev–Trinajstić information content (AvgIpc) is 2.02. The zero-order valence-electron chi connectivity index (χ0n) is 8.17. The molecule has 1 aromatic carbocycles. The first-order chi connectivity index (χ1) is 6.35. The fourth-order valence-electron chi connectivity index (χ4n) is 1.17. The van der Waals surface area contributed by atoms with Crippen LogP contribution in [-0.2, 0) is 10.2 Å². The van der Waals surface area contributed by atoms with Crippen LogP contribution in [0, 0.1) is 0 Å². The third kappa shape index (κ3) is 1.82. The van der Waals surface area contributed by atoms with Crippen molar-refractivity contribution < 1.29 is 4.79 Å². The Kier molecular flexibility index (Phi) is 2.71. The standard InChI is InChI=1S/C10H13ClN2O/c1-10(2,9(13)14)7-4-3-6(12)5-8(7)11/h3-5H,12H2,1-2H3,(H2,13,14). The van der Waals surface area contributed by atoms with Crippen LogP contribution in [0.25, 0.3) is 0 Å². The number of nitrogens with two attached hydrogens (primary N) is 2. The number of halogens is 1. The maximum absolute atomic E-state index is 11.2. The summed E-state index contributed by atoms with van der Waals surface area (Å²) < 4.78 is 0. The van der Waals surface area contributed by atoms with Gasteiger partial charge in [0.25, 0.3) is 0 Å². The van der Waals surface area contributed by atoms with Gasteiger partial charge in [-0.05, 0) is 31.5 Å². The van der Waals surface area contributed by atoms with E-state index >= 15 is 0 Å². The van der Waals surface area contributed by atoms with Crippen LogP contribution in [0.3, 0.4) is 0 Å². The van der Waals surface area contributed by atoms with E-state index in [0.29, 0.717) is 16.3 Å². The minimum absolute atomic E-state index is 0.413. The first kappa shape index (κ1) is 10.9. The Balaban J connectivity index is 3.26. The van der Waals surface area contributed by atoms with Crippen molar-refractivity contribution in [1.29, 1.82) is 0 Å². The molecule has 0 saturated heterocycles. The van der Waals surface area contributed by atoms with Crippen molar-refractivity contribution in [2.45, 2.75) is 19.3 Å². The second kappa shape index (κ2) is 3.50. The predicted octanol–water partition coefficient (Wildman–Crippen LogP) is 1.69. The SMILES string of the molecule is CC(C)(C(N)=O)c1ccc(N)cc1Cl. The van der Waals surface area contributed by atoms with Gasteiger partial charge in [-0.25, -0.2) is 0 Å². The van der Waals surface area contributed by atoms with E-state index in [-0.39, 0.29) is 0 Å². The van der Waals surface area contributed by atoms with E-state index in [9.17, 15) is 4.79 Å². The van der Waals surface area contributed by atoms with Gasteiger partial charge >= 0.3 is 0 Å². The molecular formula is C10H13ClN2O. The number of anilines is 1. The molecule has 0 heterocycles. The number of carbonyl (C=O) groups excluding carboxylic acids is 1. The summed E-state index contributed by atoms with van der Waals surface area (Å²) >= 11 is 5.97. The van der Waals surface area contributed by atoms with Crippen molar-refractivity contribution in [3.05, 3.63) is 28.8 Å². The summed E-state index contributed by atoms with van der Waals surface area (Å²) in [5.74, 6) is -0.413. The van der Waals surface area contributed by atoms with Gasteiger partial charge in [0.05, 0.1) is 5.41 Å². The molecule has 3 nitrogen and oxygen atoms in total. The van der Waals surface area contributed by atoms with Gasteiger partial charge < -0.3 is 11.5 Å². The van der Waals surface area contributed by atoms with Crippen molar-refractivity contribution in [3.8, 4) is 0 Å². The van der Waals surface area contributed by atoms with Gasteiger partial charge in [0.15, 0.2) is 0 Å². The van der Waals surface area contributed by atoms with Crippen LogP contribution in [-0.4, -0.2) is 5.91 Å². The molecule has 1 amide bonds. The van der Waals surface area contributed by atoms with E-state index in [0.717, 1.165) is 0 Å². The highest BCUT2D eigenvalue weighted by atomic mass is 35.5. The molecule has 0 aliphatic rings. The number of amides is 1. The zero-order chi connectivity index (χ0) is 10.9. The lowest BCUT2D eigenvalue weighted by Gasteiger charge is -2.22. The lowest BCUT2D eigenvalue weighted by atomic mass is 9.84. The molecule has 0 aliphatic heterocycles. The van der Waals surface area contributed by atoms with Crippen LogP contribution in [0.2, 0.25) is 5.02 Å². The topological polar surface area (TPSA) is 69.1 Å². The summed E-state index contributed by atoms with van der Waals surface area (Å²) in [6, 6.07) is 5.04. The summed E-state index contributed by atoms with van der Waals surface area (Å²) in [4.78, 5) is 11.2. The van der Waals surface area contributed by atoms with E-state index in [1.54, 1.807) is 32.0 Å². The minimum Gasteiger partial charge on any atom is -0.399 e. The Morgan fingerprint density at radius 2 is 2.00 bits per heavy atom. The van der Waals surface area contributed by atoms with Crippen molar-refractivity contribution >= 4 is 23.2 Å². The molecule has 0 saturated carbocycles.